The molecule has 3 aliphatic heterocycles. The van der Waals surface area contributed by atoms with Crippen LogP contribution in [0.5, 0.6) is 11.5 Å². The van der Waals surface area contributed by atoms with Crippen LogP contribution in [0.3, 0.4) is 0 Å². The van der Waals surface area contributed by atoms with Gasteiger partial charge < -0.3 is 24.6 Å². The number of urea groups is 1. The molecule has 0 radical (unpaired) electrons. The SMILES string of the molecule is O=C1COC2CCN(C(=O)N3CC(c4ccc(Oc5cccc(F)c5)cc4)C3)C[C@H]2N1. The maximum atomic E-state index is 13.3. The monoisotopic (exact) mass is 425 g/mol. The molecule has 3 amide bonds. The lowest BCUT2D eigenvalue weighted by Crippen LogP contribution is -2.63. The van der Waals surface area contributed by atoms with E-state index in [0.29, 0.717) is 37.7 Å². The van der Waals surface area contributed by atoms with Crippen molar-refractivity contribution in [2.75, 3.05) is 32.8 Å². The van der Waals surface area contributed by atoms with Crippen LogP contribution in [0, 0.1) is 5.82 Å². The van der Waals surface area contributed by atoms with Crippen LogP contribution in [-0.2, 0) is 9.53 Å². The standard InChI is InChI=1S/C23H24FN3O4/c24-17-2-1-3-19(10-17)31-18-6-4-15(5-7-18)16-11-27(12-16)23(29)26-9-8-21-20(13-26)25-22(28)14-30-21/h1-7,10,16,20-21H,8-9,11-14H2,(H,25,28)/t20-,21?/m1/s1. The highest BCUT2D eigenvalue weighted by atomic mass is 19.1. The lowest BCUT2D eigenvalue weighted by Gasteiger charge is -2.46. The van der Waals surface area contributed by atoms with Gasteiger partial charge in [-0.3, -0.25) is 4.79 Å². The number of ether oxygens (including phenoxy) is 2. The van der Waals surface area contributed by atoms with E-state index in [-0.39, 0.29) is 42.4 Å². The molecule has 0 aromatic heterocycles. The van der Waals surface area contributed by atoms with Gasteiger partial charge in [-0.2, -0.15) is 0 Å². The van der Waals surface area contributed by atoms with Crippen LogP contribution in [0.15, 0.2) is 48.5 Å². The van der Waals surface area contributed by atoms with Gasteiger partial charge in [0.15, 0.2) is 0 Å². The van der Waals surface area contributed by atoms with Crippen molar-refractivity contribution in [3.8, 4) is 11.5 Å². The quantitative estimate of drug-likeness (QED) is 0.821. The summed E-state index contributed by atoms with van der Waals surface area (Å²) in [5.74, 6) is 0.917. The molecular weight excluding hydrogens is 401 g/mol. The molecule has 0 saturated carbocycles. The highest BCUT2D eigenvalue weighted by Gasteiger charge is 2.40. The third-order valence-electron chi connectivity index (χ3n) is 6.13. The van der Waals surface area contributed by atoms with Crippen LogP contribution in [0.1, 0.15) is 17.9 Å². The molecule has 2 atom stereocenters. The molecule has 3 heterocycles. The zero-order valence-corrected chi connectivity index (χ0v) is 17.0. The molecule has 2 aromatic carbocycles. The molecule has 0 spiro atoms. The van der Waals surface area contributed by atoms with Crippen molar-refractivity contribution < 1.29 is 23.5 Å². The van der Waals surface area contributed by atoms with Gasteiger partial charge >= 0.3 is 6.03 Å². The van der Waals surface area contributed by atoms with Gasteiger partial charge in [0.2, 0.25) is 5.91 Å². The fraction of sp³-hybridized carbons (Fsp3) is 0.391. The summed E-state index contributed by atoms with van der Waals surface area (Å²) in [6.45, 7) is 2.56. The Balaban J connectivity index is 1.13. The summed E-state index contributed by atoms with van der Waals surface area (Å²) in [5.41, 5.74) is 1.14. The van der Waals surface area contributed by atoms with Crippen molar-refractivity contribution in [3.63, 3.8) is 0 Å². The summed E-state index contributed by atoms with van der Waals surface area (Å²) >= 11 is 0. The Hall–Kier alpha value is -3.13. The number of carbonyl (C=O) groups excluding carboxylic acids is 2. The molecule has 3 aliphatic rings. The van der Waals surface area contributed by atoms with Crippen LogP contribution >= 0.6 is 0 Å². The predicted octanol–water partition coefficient (Wildman–Crippen LogP) is 2.73. The Morgan fingerprint density at radius 3 is 2.65 bits per heavy atom. The van der Waals surface area contributed by atoms with Crippen molar-refractivity contribution in [2.24, 2.45) is 0 Å². The summed E-state index contributed by atoms with van der Waals surface area (Å²) in [7, 11) is 0. The number of morpholine rings is 1. The van der Waals surface area contributed by atoms with Crippen molar-refractivity contribution in [2.45, 2.75) is 24.5 Å². The number of piperidine rings is 1. The molecule has 3 saturated heterocycles. The lowest BCUT2D eigenvalue weighted by atomic mass is 9.91. The van der Waals surface area contributed by atoms with Crippen LogP contribution in [0.2, 0.25) is 0 Å². The number of fused-ring (bicyclic) bond motifs is 1. The number of rotatable bonds is 3. The normalized spacial score (nSPS) is 23.6. The average molecular weight is 425 g/mol. The molecule has 31 heavy (non-hydrogen) atoms. The second kappa shape index (κ2) is 8.19. The van der Waals surface area contributed by atoms with Gasteiger partial charge in [-0.25, -0.2) is 9.18 Å². The number of likely N-dealkylation sites (tertiary alicyclic amines) is 2. The zero-order chi connectivity index (χ0) is 21.4. The van der Waals surface area contributed by atoms with Gasteiger partial charge in [-0.15, -0.1) is 0 Å². The first-order valence-electron chi connectivity index (χ1n) is 10.5. The van der Waals surface area contributed by atoms with E-state index in [0.717, 1.165) is 12.0 Å². The van der Waals surface area contributed by atoms with E-state index in [1.807, 2.05) is 34.1 Å². The fourth-order valence-electron chi connectivity index (χ4n) is 4.39. The van der Waals surface area contributed by atoms with Crippen molar-refractivity contribution >= 4 is 11.9 Å². The van der Waals surface area contributed by atoms with E-state index in [1.165, 1.54) is 12.1 Å². The van der Waals surface area contributed by atoms with E-state index >= 15 is 0 Å². The van der Waals surface area contributed by atoms with Crippen LogP contribution < -0.4 is 10.1 Å². The Bertz CT molecular complexity index is 977. The molecule has 2 aromatic rings. The van der Waals surface area contributed by atoms with Crippen LogP contribution in [0.4, 0.5) is 9.18 Å². The van der Waals surface area contributed by atoms with Crippen molar-refractivity contribution in [3.05, 3.63) is 59.9 Å². The lowest BCUT2D eigenvalue weighted by molar-refractivity contribution is -0.139. The summed E-state index contributed by atoms with van der Waals surface area (Å²) in [6, 6.07) is 13.6. The summed E-state index contributed by atoms with van der Waals surface area (Å²) < 4.78 is 24.5. The van der Waals surface area contributed by atoms with Gasteiger partial charge in [0.25, 0.3) is 0 Å². The van der Waals surface area contributed by atoms with E-state index in [1.54, 1.807) is 12.1 Å². The van der Waals surface area contributed by atoms with E-state index < -0.39 is 0 Å². The first-order valence-corrected chi connectivity index (χ1v) is 10.5. The third-order valence-corrected chi connectivity index (χ3v) is 6.13. The predicted molar refractivity (Wildman–Crippen MR) is 110 cm³/mol. The van der Waals surface area contributed by atoms with Gasteiger partial charge in [-0.1, -0.05) is 18.2 Å². The minimum atomic E-state index is -0.337. The number of nitrogens with one attached hydrogen (secondary N) is 1. The smallest absolute Gasteiger partial charge is 0.320 e. The Kier molecular flexibility index (Phi) is 5.23. The molecule has 0 bridgehead atoms. The number of amides is 3. The summed E-state index contributed by atoms with van der Waals surface area (Å²) in [6.07, 6.45) is 0.736. The minimum Gasteiger partial charge on any atom is -0.457 e. The molecule has 3 fully saturated rings. The van der Waals surface area contributed by atoms with Crippen molar-refractivity contribution in [1.29, 1.82) is 0 Å². The number of nitrogens with zero attached hydrogens (tertiary/aromatic N) is 2. The molecule has 0 aliphatic carbocycles. The highest BCUT2D eigenvalue weighted by Crippen LogP contribution is 2.31. The van der Waals surface area contributed by atoms with Gasteiger partial charge in [0.05, 0.1) is 12.1 Å². The van der Waals surface area contributed by atoms with Gasteiger partial charge in [0, 0.05) is 38.2 Å². The Morgan fingerprint density at radius 2 is 1.87 bits per heavy atom. The first kappa shape index (κ1) is 19.8. The Labute approximate surface area is 179 Å². The number of hydrogen-bond acceptors (Lipinski definition) is 4. The van der Waals surface area contributed by atoms with Crippen LogP contribution in [0.25, 0.3) is 0 Å². The average Bonchev–Trinajstić information content (AvgIpc) is 2.73. The van der Waals surface area contributed by atoms with Crippen LogP contribution in [-0.4, -0.2) is 66.7 Å². The second-order valence-electron chi connectivity index (χ2n) is 8.27. The first-order chi connectivity index (χ1) is 15.0. The van der Waals surface area contributed by atoms with E-state index in [2.05, 4.69) is 5.32 Å². The van der Waals surface area contributed by atoms with Gasteiger partial charge in [0.1, 0.15) is 23.9 Å². The van der Waals surface area contributed by atoms with Crippen molar-refractivity contribution in [1.82, 2.24) is 15.1 Å². The number of halogens is 1. The molecule has 1 unspecified atom stereocenters. The Morgan fingerprint density at radius 1 is 1.06 bits per heavy atom. The largest absolute Gasteiger partial charge is 0.457 e. The molecule has 162 valence electrons. The maximum absolute atomic E-state index is 13.3. The molecule has 1 N–H and O–H groups in total. The minimum absolute atomic E-state index is 0.000925. The topological polar surface area (TPSA) is 71.1 Å². The highest BCUT2D eigenvalue weighted by molar-refractivity contribution is 5.79. The van der Waals surface area contributed by atoms with E-state index in [9.17, 15) is 14.0 Å². The number of carbonyl (C=O) groups is 2. The van der Waals surface area contributed by atoms with Gasteiger partial charge in [-0.05, 0) is 36.2 Å². The molecular formula is C23H24FN3O4. The molecule has 8 heteroatoms. The van der Waals surface area contributed by atoms with E-state index in [4.69, 9.17) is 9.47 Å². The molecule has 5 rings (SSSR count). The summed E-state index contributed by atoms with van der Waals surface area (Å²) in [4.78, 5) is 28.1. The second-order valence-corrected chi connectivity index (χ2v) is 8.27. The molecule has 7 nitrogen and oxygen atoms in total. The zero-order valence-electron chi connectivity index (χ0n) is 17.0. The number of benzene rings is 2. The maximum Gasteiger partial charge on any atom is 0.320 e. The summed E-state index contributed by atoms with van der Waals surface area (Å²) in [5, 5.41) is 2.93. The number of hydrogen-bond donors (Lipinski definition) is 1. The third kappa shape index (κ3) is 4.20. The fourth-order valence-corrected chi connectivity index (χ4v) is 4.39.